The second kappa shape index (κ2) is 6.03. The van der Waals surface area contributed by atoms with E-state index in [1.807, 2.05) is 47.3 Å². The van der Waals surface area contributed by atoms with E-state index in [1.165, 1.54) is 5.56 Å². The number of nitrogen functional groups attached to an aromatic ring is 1. The van der Waals surface area contributed by atoms with Gasteiger partial charge in [0.1, 0.15) is 5.69 Å². The smallest absolute Gasteiger partial charge is 0.115 e. The average molecular weight is 407 g/mol. The maximum Gasteiger partial charge on any atom is 0.115 e. The van der Waals surface area contributed by atoms with E-state index in [0.717, 1.165) is 20.2 Å². The van der Waals surface area contributed by atoms with E-state index in [2.05, 4.69) is 49.1 Å². The lowest BCUT2D eigenvalue weighted by Crippen LogP contribution is -2.00. The van der Waals surface area contributed by atoms with Gasteiger partial charge in [-0.15, -0.1) is 0 Å². The molecule has 0 atom stereocenters. The van der Waals surface area contributed by atoms with Crippen molar-refractivity contribution in [3.05, 3.63) is 69.2 Å². The number of rotatable bonds is 3. The van der Waals surface area contributed by atoms with Crippen molar-refractivity contribution in [2.24, 2.45) is 0 Å². The molecule has 0 saturated heterocycles. The van der Waals surface area contributed by atoms with Crippen molar-refractivity contribution >= 4 is 37.5 Å². The molecular weight excluding hydrogens is 394 g/mol. The van der Waals surface area contributed by atoms with Crippen molar-refractivity contribution < 1.29 is 0 Å². The van der Waals surface area contributed by atoms with Crippen molar-refractivity contribution in [3.8, 4) is 11.3 Å². The van der Waals surface area contributed by atoms with Gasteiger partial charge in [0.2, 0.25) is 0 Å². The lowest BCUT2D eigenvalue weighted by molar-refractivity contribution is 0.689. The lowest BCUT2D eigenvalue weighted by atomic mass is 10.1. The summed E-state index contributed by atoms with van der Waals surface area (Å²) in [6, 6.07) is 16.2. The first kappa shape index (κ1) is 14.4. The van der Waals surface area contributed by atoms with Gasteiger partial charge in [-0.05, 0) is 29.8 Å². The Morgan fingerprint density at radius 3 is 2.43 bits per heavy atom. The quantitative estimate of drug-likeness (QED) is 0.684. The molecule has 2 N–H and O–H groups in total. The van der Waals surface area contributed by atoms with E-state index in [4.69, 9.17) is 5.73 Å². The van der Waals surface area contributed by atoms with Crippen LogP contribution in [0.2, 0.25) is 0 Å². The zero-order chi connectivity index (χ0) is 14.8. The number of aromatic nitrogens is 2. The molecule has 1 aromatic heterocycles. The molecule has 1 heterocycles. The molecule has 5 heteroatoms. The van der Waals surface area contributed by atoms with Crippen molar-refractivity contribution in [3.63, 3.8) is 0 Å². The largest absolute Gasteiger partial charge is 0.396 e. The first-order valence-electron chi connectivity index (χ1n) is 6.45. The standard InChI is InChI=1S/C16H13Br2N3/c17-13-5-1-3-11(7-13)9-21-10-15(19)16(20-21)12-4-2-6-14(18)8-12/h1-8,10H,9,19H2. The van der Waals surface area contributed by atoms with Crippen LogP contribution in [0.25, 0.3) is 11.3 Å². The number of benzene rings is 2. The third-order valence-corrected chi connectivity index (χ3v) is 4.11. The molecule has 0 aliphatic carbocycles. The maximum absolute atomic E-state index is 6.10. The summed E-state index contributed by atoms with van der Waals surface area (Å²) in [4.78, 5) is 0. The number of nitrogens with zero attached hydrogens (tertiary/aromatic N) is 2. The fourth-order valence-electron chi connectivity index (χ4n) is 2.20. The fourth-order valence-corrected chi connectivity index (χ4v) is 3.05. The molecule has 0 fully saturated rings. The van der Waals surface area contributed by atoms with Gasteiger partial charge in [0.15, 0.2) is 0 Å². The highest BCUT2D eigenvalue weighted by Crippen LogP contribution is 2.26. The van der Waals surface area contributed by atoms with Gasteiger partial charge in [-0.1, -0.05) is 56.1 Å². The van der Waals surface area contributed by atoms with Crippen molar-refractivity contribution in [1.82, 2.24) is 9.78 Å². The molecular formula is C16H13Br2N3. The van der Waals surface area contributed by atoms with E-state index in [0.29, 0.717) is 12.2 Å². The van der Waals surface area contributed by atoms with Crippen molar-refractivity contribution in [2.45, 2.75) is 6.54 Å². The number of anilines is 1. The van der Waals surface area contributed by atoms with Crippen LogP contribution < -0.4 is 5.73 Å². The highest BCUT2D eigenvalue weighted by atomic mass is 79.9. The normalized spacial score (nSPS) is 10.8. The Balaban J connectivity index is 1.91. The van der Waals surface area contributed by atoms with E-state index in [9.17, 15) is 0 Å². The van der Waals surface area contributed by atoms with Crippen LogP contribution in [0.3, 0.4) is 0 Å². The van der Waals surface area contributed by atoms with E-state index in [-0.39, 0.29) is 0 Å². The van der Waals surface area contributed by atoms with Crippen LogP contribution >= 0.6 is 31.9 Å². The summed E-state index contributed by atoms with van der Waals surface area (Å²) in [5.74, 6) is 0. The molecule has 3 aromatic rings. The highest BCUT2D eigenvalue weighted by molar-refractivity contribution is 9.10. The minimum absolute atomic E-state index is 0.683. The molecule has 21 heavy (non-hydrogen) atoms. The fraction of sp³-hybridized carbons (Fsp3) is 0.0625. The van der Waals surface area contributed by atoms with Crippen LogP contribution in [0.4, 0.5) is 5.69 Å². The zero-order valence-electron chi connectivity index (χ0n) is 11.1. The van der Waals surface area contributed by atoms with E-state index < -0.39 is 0 Å². The third kappa shape index (κ3) is 3.36. The molecule has 3 rings (SSSR count). The van der Waals surface area contributed by atoms with Crippen LogP contribution in [0.1, 0.15) is 5.56 Å². The first-order valence-corrected chi connectivity index (χ1v) is 8.04. The van der Waals surface area contributed by atoms with Crippen molar-refractivity contribution in [2.75, 3.05) is 5.73 Å². The summed E-state index contributed by atoms with van der Waals surface area (Å²) in [7, 11) is 0. The third-order valence-electron chi connectivity index (χ3n) is 3.12. The summed E-state index contributed by atoms with van der Waals surface area (Å²) in [6.45, 7) is 0.692. The number of nitrogens with two attached hydrogens (primary N) is 1. The number of hydrogen-bond donors (Lipinski definition) is 1. The van der Waals surface area contributed by atoms with Gasteiger partial charge in [0.05, 0.1) is 12.2 Å². The van der Waals surface area contributed by atoms with Crippen molar-refractivity contribution in [1.29, 1.82) is 0 Å². The van der Waals surface area contributed by atoms with Gasteiger partial charge < -0.3 is 5.73 Å². The number of hydrogen-bond acceptors (Lipinski definition) is 2. The van der Waals surface area contributed by atoms with Gasteiger partial charge in [-0.3, -0.25) is 4.68 Å². The van der Waals surface area contributed by atoms with Gasteiger partial charge in [0.25, 0.3) is 0 Å². The molecule has 0 amide bonds. The Morgan fingerprint density at radius 2 is 1.71 bits per heavy atom. The minimum atomic E-state index is 0.683. The molecule has 0 radical (unpaired) electrons. The molecule has 3 nitrogen and oxygen atoms in total. The monoisotopic (exact) mass is 405 g/mol. The van der Waals surface area contributed by atoms with Gasteiger partial charge in [0, 0.05) is 20.7 Å². The molecule has 0 aliphatic rings. The van der Waals surface area contributed by atoms with Crippen LogP contribution in [0, 0.1) is 0 Å². The zero-order valence-corrected chi connectivity index (χ0v) is 14.3. The predicted octanol–water partition coefficient (Wildman–Crippen LogP) is 4.71. The summed E-state index contributed by atoms with van der Waals surface area (Å²) in [6.07, 6.45) is 1.87. The number of halogens is 2. The van der Waals surface area contributed by atoms with E-state index >= 15 is 0 Å². The molecule has 0 unspecified atom stereocenters. The molecule has 2 aromatic carbocycles. The van der Waals surface area contributed by atoms with Gasteiger partial charge in [-0.2, -0.15) is 5.10 Å². The Morgan fingerprint density at radius 1 is 1.00 bits per heavy atom. The Labute approximate surface area is 140 Å². The van der Waals surface area contributed by atoms with Crippen LogP contribution in [0.15, 0.2) is 63.7 Å². The minimum Gasteiger partial charge on any atom is -0.396 e. The molecule has 0 bridgehead atoms. The van der Waals surface area contributed by atoms with Crippen LogP contribution in [-0.4, -0.2) is 9.78 Å². The summed E-state index contributed by atoms with van der Waals surface area (Å²) in [5, 5.41) is 4.60. The SMILES string of the molecule is Nc1cn(Cc2cccc(Br)c2)nc1-c1cccc(Br)c1. The highest BCUT2D eigenvalue weighted by Gasteiger charge is 2.09. The average Bonchev–Trinajstić information content (AvgIpc) is 2.79. The maximum atomic E-state index is 6.10. The lowest BCUT2D eigenvalue weighted by Gasteiger charge is -2.02. The molecule has 0 saturated carbocycles. The Kier molecular flexibility index (Phi) is 4.12. The van der Waals surface area contributed by atoms with Gasteiger partial charge in [-0.25, -0.2) is 0 Å². The Bertz CT molecular complexity index is 781. The molecule has 0 aliphatic heterocycles. The first-order chi connectivity index (χ1) is 10.1. The van der Waals surface area contributed by atoms with Crippen LogP contribution in [-0.2, 0) is 6.54 Å². The molecule has 106 valence electrons. The predicted molar refractivity (Wildman–Crippen MR) is 93.0 cm³/mol. The summed E-state index contributed by atoms with van der Waals surface area (Å²) in [5.41, 5.74) is 9.78. The van der Waals surface area contributed by atoms with Gasteiger partial charge >= 0.3 is 0 Å². The summed E-state index contributed by atoms with van der Waals surface area (Å²) < 4.78 is 3.95. The summed E-state index contributed by atoms with van der Waals surface area (Å²) >= 11 is 6.95. The topological polar surface area (TPSA) is 43.8 Å². The van der Waals surface area contributed by atoms with Crippen LogP contribution in [0.5, 0.6) is 0 Å². The Hall–Kier alpha value is -1.59. The second-order valence-corrected chi connectivity index (χ2v) is 6.60. The molecule has 0 spiro atoms. The second-order valence-electron chi connectivity index (χ2n) is 4.77. The van der Waals surface area contributed by atoms with E-state index in [1.54, 1.807) is 0 Å².